The fourth-order valence-electron chi connectivity index (χ4n) is 1.86. The van der Waals surface area contributed by atoms with Crippen LogP contribution in [-0.2, 0) is 13.1 Å². The summed E-state index contributed by atoms with van der Waals surface area (Å²) < 4.78 is 0. The molecule has 0 aromatic carbocycles. The van der Waals surface area contributed by atoms with Gasteiger partial charge in [-0.05, 0) is 65.3 Å². The van der Waals surface area contributed by atoms with Gasteiger partial charge in [0.1, 0.15) is 5.82 Å². The van der Waals surface area contributed by atoms with Crippen molar-refractivity contribution in [3.8, 4) is 0 Å². The monoisotopic (exact) mass is 301 g/mol. The Morgan fingerprint density at radius 2 is 1.59 bits per heavy atom. The molecule has 0 saturated heterocycles. The quantitative estimate of drug-likeness (QED) is 0.867. The minimum absolute atomic E-state index is 0.807. The summed E-state index contributed by atoms with van der Waals surface area (Å²) in [7, 11) is 8.14. The smallest absolute Gasteiger partial charge is 0.142 e. The zero-order valence-corrected chi connectivity index (χ0v) is 14.5. The number of aryl methyl sites for hydroxylation is 2. The summed E-state index contributed by atoms with van der Waals surface area (Å²) in [5, 5.41) is 0. The maximum absolute atomic E-state index is 4.26. The molecule has 0 fully saturated rings. The second kappa shape index (κ2) is 9.23. The van der Waals surface area contributed by atoms with E-state index in [-0.39, 0.29) is 0 Å². The van der Waals surface area contributed by atoms with Gasteiger partial charge in [0.2, 0.25) is 0 Å². The molecule has 0 saturated carbocycles. The minimum atomic E-state index is 0.807. The molecule has 22 heavy (non-hydrogen) atoms. The molecule has 2 aromatic rings. The average Bonchev–Trinajstić information content (AvgIpc) is 2.41. The molecule has 120 valence electrons. The second-order valence-electron chi connectivity index (χ2n) is 5.89. The summed E-state index contributed by atoms with van der Waals surface area (Å²) >= 11 is 0. The Balaban J connectivity index is 0.000000220. The number of pyridine rings is 1. The van der Waals surface area contributed by atoms with E-state index in [0.29, 0.717) is 0 Å². The summed E-state index contributed by atoms with van der Waals surface area (Å²) in [6, 6.07) is 3.94. The summed E-state index contributed by atoms with van der Waals surface area (Å²) in [6.07, 6.45) is 5.55. The van der Waals surface area contributed by atoms with Crippen LogP contribution in [0.3, 0.4) is 0 Å². The van der Waals surface area contributed by atoms with E-state index < -0.39 is 0 Å². The van der Waals surface area contributed by atoms with Gasteiger partial charge in [-0.1, -0.05) is 0 Å². The zero-order chi connectivity index (χ0) is 16.5. The topological polar surface area (TPSA) is 45.2 Å². The van der Waals surface area contributed by atoms with Crippen molar-refractivity contribution in [2.24, 2.45) is 0 Å². The Morgan fingerprint density at radius 1 is 0.909 bits per heavy atom. The van der Waals surface area contributed by atoms with E-state index in [1.54, 1.807) is 6.20 Å². The average molecular weight is 301 g/mol. The molecule has 2 aromatic heterocycles. The van der Waals surface area contributed by atoms with Gasteiger partial charge in [0.05, 0.1) is 6.54 Å². The van der Waals surface area contributed by atoms with Crippen LogP contribution in [0.4, 0.5) is 0 Å². The molecule has 5 nitrogen and oxygen atoms in total. The Hall–Kier alpha value is -1.85. The molecule has 2 rings (SSSR count). The lowest BCUT2D eigenvalue weighted by Gasteiger charge is -2.10. The third-order valence-electron chi connectivity index (χ3n) is 2.94. The minimum Gasteiger partial charge on any atom is -0.305 e. The maximum Gasteiger partial charge on any atom is 0.142 e. The van der Waals surface area contributed by atoms with Crippen LogP contribution in [0.15, 0.2) is 30.7 Å². The van der Waals surface area contributed by atoms with Crippen molar-refractivity contribution in [1.82, 2.24) is 24.8 Å². The molecule has 0 unspecified atom stereocenters. The van der Waals surface area contributed by atoms with Crippen molar-refractivity contribution in [3.05, 3.63) is 53.4 Å². The summed E-state index contributed by atoms with van der Waals surface area (Å²) in [4.78, 5) is 16.7. The number of nitrogens with zero attached hydrogens (tertiary/aromatic N) is 5. The van der Waals surface area contributed by atoms with Gasteiger partial charge in [-0.25, -0.2) is 9.97 Å². The molecular weight excluding hydrogens is 274 g/mol. The van der Waals surface area contributed by atoms with Crippen molar-refractivity contribution in [2.75, 3.05) is 28.2 Å². The van der Waals surface area contributed by atoms with Crippen LogP contribution >= 0.6 is 0 Å². The normalized spacial score (nSPS) is 10.5. The van der Waals surface area contributed by atoms with Crippen molar-refractivity contribution in [2.45, 2.75) is 26.9 Å². The summed E-state index contributed by atoms with van der Waals surface area (Å²) in [5.41, 5.74) is 3.64. The molecule has 2 heterocycles. The summed E-state index contributed by atoms with van der Waals surface area (Å²) in [6.45, 7) is 5.86. The van der Waals surface area contributed by atoms with Crippen LogP contribution in [0.5, 0.6) is 0 Å². The number of hydrogen-bond donors (Lipinski definition) is 0. The lowest BCUT2D eigenvalue weighted by molar-refractivity contribution is 0.390. The van der Waals surface area contributed by atoms with Crippen molar-refractivity contribution >= 4 is 0 Å². The highest BCUT2D eigenvalue weighted by Crippen LogP contribution is 2.05. The number of rotatable bonds is 4. The van der Waals surface area contributed by atoms with E-state index in [1.165, 1.54) is 11.1 Å². The standard InChI is InChI=1S/C9H14N2.C8H13N3/c1-8-4-5-10-6-9(8)7-11(2)3;1-7-4-5-9-8(10-7)6-11(2)3/h4-6H,7H2,1-3H3;4-5H,6H2,1-3H3. The lowest BCUT2D eigenvalue weighted by atomic mass is 10.1. The van der Waals surface area contributed by atoms with Crippen molar-refractivity contribution in [1.29, 1.82) is 0 Å². The molecule has 0 amide bonds. The molecule has 0 N–H and O–H groups in total. The van der Waals surface area contributed by atoms with Crippen LogP contribution < -0.4 is 0 Å². The van der Waals surface area contributed by atoms with Gasteiger partial charge in [0.15, 0.2) is 0 Å². The predicted molar refractivity (Wildman–Crippen MR) is 90.5 cm³/mol. The number of aromatic nitrogens is 3. The van der Waals surface area contributed by atoms with Crippen molar-refractivity contribution in [3.63, 3.8) is 0 Å². The van der Waals surface area contributed by atoms with Gasteiger partial charge >= 0.3 is 0 Å². The highest BCUT2D eigenvalue weighted by Gasteiger charge is 1.98. The maximum atomic E-state index is 4.26. The molecule has 0 spiro atoms. The Kier molecular flexibility index (Phi) is 7.63. The SMILES string of the molecule is Cc1ccnc(CN(C)C)n1.Cc1ccncc1CN(C)C. The molecular formula is C17H27N5. The number of hydrogen-bond acceptors (Lipinski definition) is 5. The van der Waals surface area contributed by atoms with Crippen LogP contribution in [-0.4, -0.2) is 52.9 Å². The summed E-state index contributed by atoms with van der Waals surface area (Å²) in [5.74, 6) is 0.884. The first-order chi connectivity index (χ1) is 10.4. The molecule has 0 aliphatic carbocycles. The first kappa shape index (κ1) is 18.2. The fraction of sp³-hybridized carbons (Fsp3) is 0.471. The van der Waals surface area contributed by atoms with Gasteiger partial charge in [0, 0.05) is 30.8 Å². The molecule has 0 atom stereocenters. The molecule has 0 radical (unpaired) electrons. The highest BCUT2D eigenvalue weighted by molar-refractivity contribution is 5.20. The second-order valence-corrected chi connectivity index (χ2v) is 5.89. The van der Waals surface area contributed by atoms with Crippen LogP contribution in [0.2, 0.25) is 0 Å². The molecule has 0 aliphatic heterocycles. The van der Waals surface area contributed by atoms with E-state index in [2.05, 4.69) is 45.8 Å². The zero-order valence-electron chi connectivity index (χ0n) is 14.5. The van der Waals surface area contributed by atoms with Crippen LogP contribution in [0.25, 0.3) is 0 Å². The van der Waals surface area contributed by atoms with E-state index in [1.807, 2.05) is 45.5 Å². The molecule has 0 aliphatic rings. The van der Waals surface area contributed by atoms with Gasteiger partial charge in [-0.15, -0.1) is 0 Å². The van der Waals surface area contributed by atoms with Crippen LogP contribution in [0.1, 0.15) is 22.6 Å². The van der Waals surface area contributed by atoms with Crippen molar-refractivity contribution < 1.29 is 0 Å². The Morgan fingerprint density at radius 3 is 2.14 bits per heavy atom. The van der Waals surface area contributed by atoms with E-state index in [9.17, 15) is 0 Å². The van der Waals surface area contributed by atoms with E-state index >= 15 is 0 Å². The van der Waals surface area contributed by atoms with Gasteiger partial charge < -0.3 is 9.80 Å². The predicted octanol–water partition coefficient (Wildman–Crippen LogP) is 2.30. The molecule has 5 heteroatoms. The highest BCUT2D eigenvalue weighted by atomic mass is 15.1. The first-order valence-electron chi connectivity index (χ1n) is 7.36. The Labute approximate surface area is 134 Å². The lowest BCUT2D eigenvalue weighted by Crippen LogP contribution is -2.13. The fourth-order valence-corrected chi connectivity index (χ4v) is 1.86. The van der Waals surface area contributed by atoms with Gasteiger partial charge in [-0.3, -0.25) is 4.98 Å². The van der Waals surface area contributed by atoms with E-state index in [4.69, 9.17) is 0 Å². The Bertz CT molecular complexity index is 566. The van der Waals surface area contributed by atoms with E-state index in [0.717, 1.165) is 24.6 Å². The largest absolute Gasteiger partial charge is 0.305 e. The first-order valence-corrected chi connectivity index (χ1v) is 7.36. The third kappa shape index (κ3) is 7.24. The van der Waals surface area contributed by atoms with Gasteiger partial charge in [0.25, 0.3) is 0 Å². The molecule has 0 bridgehead atoms. The third-order valence-corrected chi connectivity index (χ3v) is 2.94. The van der Waals surface area contributed by atoms with Gasteiger partial charge in [-0.2, -0.15) is 0 Å². The van der Waals surface area contributed by atoms with Crippen LogP contribution in [0, 0.1) is 13.8 Å².